The molecule has 1 aliphatic heterocycles. The van der Waals surface area contributed by atoms with Crippen LogP contribution in [0.15, 0.2) is 33.7 Å². The Morgan fingerprint density at radius 3 is 2.24 bits per heavy atom. The highest BCUT2D eigenvalue weighted by molar-refractivity contribution is 5.50. The number of nitriles is 1. The Balaban J connectivity index is 2.69. The molecule has 2 rings (SSSR count). The maximum Gasteiger partial charge on any atom is 0.127 e. The van der Waals surface area contributed by atoms with Gasteiger partial charge in [-0.1, -0.05) is 11.1 Å². The van der Waals surface area contributed by atoms with Gasteiger partial charge < -0.3 is 9.64 Å². The molecule has 0 radical (unpaired) electrons. The third kappa shape index (κ3) is 3.92. The molecular weight excluding hydrogens is 315 g/mol. The molecule has 2 fully saturated rings. The summed E-state index contributed by atoms with van der Waals surface area (Å²) in [5, 5.41) is 9.41. The van der Waals surface area contributed by atoms with E-state index in [0.29, 0.717) is 13.0 Å². The molecule has 0 amide bonds. The summed E-state index contributed by atoms with van der Waals surface area (Å²) in [7, 11) is 0. The van der Waals surface area contributed by atoms with Gasteiger partial charge in [0.1, 0.15) is 18.0 Å². The van der Waals surface area contributed by atoms with Crippen molar-refractivity contribution in [3.05, 3.63) is 33.7 Å². The quantitative estimate of drug-likeness (QED) is 0.683. The van der Waals surface area contributed by atoms with Crippen LogP contribution in [0.5, 0.6) is 0 Å². The van der Waals surface area contributed by atoms with Crippen molar-refractivity contribution >= 4 is 0 Å². The lowest BCUT2D eigenvalue weighted by atomic mass is 9.97. The summed E-state index contributed by atoms with van der Waals surface area (Å²) < 4.78 is 20.5. The van der Waals surface area contributed by atoms with Gasteiger partial charge in [-0.3, -0.25) is 0 Å². The molecule has 138 valence electrons. The molecule has 0 N–H and O–H groups in total. The Hall–Kier alpha value is -1.76. The number of alkyl halides is 1. The Bertz CT molecular complexity index is 654. The number of nitrogens with zero attached hydrogens (tertiary/aromatic N) is 2. The first kappa shape index (κ1) is 19.6. The van der Waals surface area contributed by atoms with Crippen LogP contribution in [0.2, 0.25) is 0 Å². The molecule has 0 aromatic rings. The maximum atomic E-state index is 14.1. The zero-order chi connectivity index (χ0) is 18.9. The van der Waals surface area contributed by atoms with E-state index < -0.39 is 6.17 Å². The molecule has 0 bridgehead atoms. The fourth-order valence-corrected chi connectivity index (χ4v) is 4.03. The van der Waals surface area contributed by atoms with E-state index in [1.807, 2.05) is 0 Å². The molecule has 4 heteroatoms. The van der Waals surface area contributed by atoms with Crippen LogP contribution in [0, 0.1) is 17.2 Å². The smallest absolute Gasteiger partial charge is 0.127 e. The van der Waals surface area contributed by atoms with Crippen LogP contribution in [-0.2, 0) is 4.74 Å². The molecule has 4 unspecified atom stereocenters. The van der Waals surface area contributed by atoms with Crippen LogP contribution >= 0.6 is 0 Å². The lowest BCUT2D eigenvalue weighted by Crippen LogP contribution is -2.42. The third-order valence-electron chi connectivity index (χ3n) is 4.95. The maximum absolute atomic E-state index is 14.1. The Morgan fingerprint density at radius 2 is 1.80 bits per heavy atom. The van der Waals surface area contributed by atoms with E-state index in [0.717, 1.165) is 34.6 Å². The fourth-order valence-electron chi connectivity index (χ4n) is 4.03. The second-order valence-corrected chi connectivity index (χ2v) is 8.01. The Morgan fingerprint density at radius 1 is 1.16 bits per heavy atom. The minimum Gasteiger partial charge on any atom is -0.488 e. The summed E-state index contributed by atoms with van der Waals surface area (Å²) in [6, 6.07) is 2.43. The van der Waals surface area contributed by atoms with E-state index in [2.05, 4.69) is 52.5 Å². The third-order valence-corrected chi connectivity index (χ3v) is 4.95. The highest BCUT2D eigenvalue weighted by atomic mass is 19.1. The van der Waals surface area contributed by atoms with Crippen molar-refractivity contribution in [2.24, 2.45) is 5.92 Å². The average molecular weight is 346 g/mol. The molecule has 4 atom stereocenters. The standard InChI is InChI=1S/C21H31FN2O/c1-12(2)19-20(13(3)4)24(11-15(7)22)17-8-16(10-23)9-18(17)25-21(19)14(5)6/h15-18H,8-9,11H2,1-7H3. The summed E-state index contributed by atoms with van der Waals surface area (Å²) in [6.07, 6.45) is 0.431. The van der Waals surface area contributed by atoms with Gasteiger partial charge >= 0.3 is 0 Å². The summed E-state index contributed by atoms with van der Waals surface area (Å²) >= 11 is 0. The van der Waals surface area contributed by atoms with Crippen molar-refractivity contribution in [2.45, 2.75) is 79.6 Å². The Labute approximate surface area is 151 Å². The van der Waals surface area contributed by atoms with Crippen LogP contribution in [0.1, 0.15) is 61.3 Å². The van der Waals surface area contributed by atoms with E-state index in [4.69, 9.17) is 4.74 Å². The van der Waals surface area contributed by atoms with Gasteiger partial charge in [-0.25, -0.2) is 4.39 Å². The fraction of sp³-hybridized carbons (Fsp3) is 0.667. The zero-order valence-corrected chi connectivity index (χ0v) is 16.6. The molecular formula is C21H31FN2O. The molecule has 0 spiro atoms. The number of ether oxygens (including phenoxy) is 1. The predicted octanol–water partition coefficient (Wildman–Crippen LogP) is 5.27. The molecule has 2 aliphatic rings. The van der Waals surface area contributed by atoms with E-state index in [1.54, 1.807) is 6.92 Å². The summed E-state index contributed by atoms with van der Waals surface area (Å²) in [4.78, 5) is 2.18. The lowest BCUT2D eigenvalue weighted by molar-refractivity contribution is 0.0666. The second-order valence-electron chi connectivity index (χ2n) is 8.01. The first-order valence-corrected chi connectivity index (χ1v) is 9.17. The topological polar surface area (TPSA) is 36.3 Å². The van der Waals surface area contributed by atoms with Gasteiger partial charge in [-0.15, -0.1) is 0 Å². The first-order valence-electron chi connectivity index (χ1n) is 9.17. The van der Waals surface area contributed by atoms with Crippen LogP contribution < -0.4 is 0 Å². The number of allylic oxidation sites excluding steroid dienone is 3. The van der Waals surface area contributed by atoms with Gasteiger partial charge in [0.05, 0.1) is 18.0 Å². The van der Waals surface area contributed by atoms with Crippen molar-refractivity contribution in [3.63, 3.8) is 0 Å². The van der Waals surface area contributed by atoms with Gasteiger partial charge in [0, 0.05) is 24.2 Å². The normalized spacial score (nSPS) is 27.2. The van der Waals surface area contributed by atoms with Crippen LogP contribution in [-0.4, -0.2) is 29.8 Å². The number of halogens is 1. The van der Waals surface area contributed by atoms with Crippen LogP contribution in [0.3, 0.4) is 0 Å². The average Bonchev–Trinajstić information content (AvgIpc) is 2.85. The summed E-state index contributed by atoms with van der Waals surface area (Å²) in [5.41, 5.74) is 5.60. The van der Waals surface area contributed by atoms with E-state index in [-0.39, 0.29) is 18.1 Å². The summed E-state index contributed by atoms with van der Waals surface area (Å²) in [5.74, 6) is 0.872. The lowest BCUT2D eigenvalue weighted by Gasteiger charge is -2.35. The van der Waals surface area contributed by atoms with Gasteiger partial charge in [-0.05, 0) is 60.5 Å². The molecule has 1 aliphatic carbocycles. The van der Waals surface area contributed by atoms with Crippen molar-refractivity contribution in [3.8, 4) is 6.07 Å². The van der Waals surface area contributed by atoms with Gasteiger partial charge in [0.25, 0.3) is 0 Å². The molecule has 1 saturated heterocycles. The molecule has 3 nitrogen and oxygen atoms in total. The SMILES string of the molecule is CC(C)=C1OC2CC(C#N)CC2N(CC(C)F)C(=C(C)C)C1=C(C)C. The van der Waals surface area contributed by atoms with Crippen molar-refractivity contribution in [1.82, 2.24) is 4.90 Å². The van der Waals surface area contributed by atoms with Crippen molar-refractivity contribution < 1.29 is 9.13 Å². The Kier molecular flexibility index (Phi) is 5.98. The highest BCUT2D eigenvalue weighted by Gasteiger charge is 2.45. The van der Waals surface area contributed by atoms with Crippen molar-refractivity contribution in [2.75, 3.05) is 6.54 Å². The predicted molar refractivity (Wildman–Crippen MR) is 99.4 cm³/mol. The number of hydrogen-bond donors (Lipinski definition) is 0. The van der Waals surface area contributed by atoms with Crippen molar-refractivity contribution in [1.29, 1.82) is 5.26 Å². The van der Waals surface area contributed by atoms with Gasteiger partial charge in [0.2, 0.25) is 0 Å². The van der Waals surface area contributed by atoms with Crippen LogP contribution in [0.25, 0.3) is 0 Å². The largest absolute Gasteiger partial charge is 0.488 e. The minimum atomic E-state index is -0.942. The minimum absolute atomic E-state index is 0.0301. The number of fused-ring (bicyclic) bond motifs is 1. The van der Waals surface area contributed by atoms with E-state index in [1.165, 1.54) is 5.57 Å². The van der Waals surface area contributed by atoms with E-state index >= 15 is 0 Å². The second kappa shape index (κ2) is 7.64. The molecule has 0 aromatic carbocycles. The molecule has 1 heterocycles. The zero-order valence-electron chi connectivity index (χ0n) is 16.6. The first-order chi connectivity index (χ1) is 11.7. The van der Waals surface area contributed by atoms with Crippen LogP contribution in [0.4, 0.5) is 4.39 Å². The number of hydrogen-bond acceptors (Lipinski definition) is 3. The molecule has 0 aromatic heterocycles. The number of rotatable bonds is 2. The monoisotopic (exact) mass is 346 g/mol. The van der Waals surface area contributed by atoms with E-state index in [9.17, 15) is 9.65 Å². The molecule has 1 saturated carbocycles. The highest BCUT2D eigenvalue weighted by Crippen LogP contribution is 2.44. The molecule has 25 heavy (non-hydrogen) atoms. The summed E-state index contributed by atoms with van der Waals surface area (Å²) in [6.45, 7) is 14.4. The van der Waals surface area contributed by atoms with Gasteiger partial charge in [-0.2, -0.15) is 5.26 Å². The van der Waals surface area contributed by atoms with Gasteiger partial charge in [0.15, 0.2) is 0 Å².